The van der Waals surface area contributed by atoms with Crippen LogP contribution in [0.3, 0.4) is 0 Å². The van der Waals surface area contributed by atoms with E-state index < -0.39 is 0 Å². The van der Waals surface area contributed by atoms with Crippen LogP contribution in [0.2, 0.25) is 0 Å². The average Bonchev–Trinajstić information content (AvgIpc) is 3.70. The third kappa shape index (κ3) is 3.18. The van der Waals surface area contributed by atoms with E-state index in [-0.39, 0.29) is 30.1 Å². The summed E-state index contributed by atoms with van der Waals surface area (Å²) in [5.74, 6) is 2.58. The predicted octanol–water partition coefficient (Wildman–Crippen LogP) is 4.96. The zero-order chi connectivity index (χ0) is 21.1. The van der Waals surface area contributed by atoms with Crippen LogP contribution in [0, 0.1) is 29.6 Å². The minimum atomic E-state index is -0.335. The van der Waals surface area contributed by atoms with Gasteiger partial charge in [0.05, 0.1) is 6.10 Å². The number of rotatable bonds is 6. The Morgan fingerprint density at radius 1 is 1.10 bits per heavy atom. The molecule has 4 aliphatic rings. The van der Waals surface area contributed by atoms with E-state index in [0.717, 1.165) is 25.7 Å². The molecule has 0 aliphatic heterocycles. The number of nitrogens with one attached hydrogen (secondary N) is 1. The van der Waals surface area contributed by atoms with Crippen molar-refractivity contribution in [1.29, 1.82) is 0 Å². The second-order valence-corrected chi connectivity index (χ2v) is 10.0. The Kier molecular flexibility index (Phi) is 4.60. The Balaban J connectivity index is 1.13. The Hall–Kier alpha value is -2.33. The van der Waals surface area contributed by atoms with Gasteiger partial charge in [0.15, 0.2) is 0 Å². The number of aliphatic hydroxyl groups excluding tert-OH is 1. The van der Waals surface area contributed by atoms with Crippen molar-refractivity contribution in [3.63, 3.8) is 0 Å². The quantitative estimate of drug-likeness (QED) is 0.699. The number of fused-ring (bicyclic) bond motifs is 4. The molecule has 0 spiro atoms. The minimum absolute atomic E-state index is 0.0518. The SMILES string of the molecule is CCC1C2CC(C(NC(=O)OCC3c4ccccc4-c4ccccc43)C3CC3)C(O)C12. The summed E-state index contributed by atoms with van der Waals surface area (Å²) in [6, 6.07) is 16.9. The highest BCUT2D eigenvalue weighted by molar-refractivity contribution is 5.79. The topological polar surface area (TPSA) is 58.6 Å². The van der Waals surface area contributed by atoms with Crippen LogP contribution in [0.25, 0.3) is 11.1 Å². The molecule has 0 aromatic heterocycles. The summed E-state index contributed by atoms with van der Waals surface area (Å²) < 4.78 is 5.79. The number of carbonyl (C=O) groups excluding carboxylic acids is 1. The molecule has 0 radical (unpaired) electrons. The molecule has 3 saturated carbocycles. The van der Waals surface area contributed by atoms with Crippen molar-refractivity contribution in [2.75, 3.05) is 6.61 Å². The van der Waals surface area contributed by atoms with Gasteiger partial charge in [0.2, 0.25) is 0 Å². The smallest absolute Gasteiger partial charge is 0.407 e. The molecule has 2 aromatic rings. The maximum atomic E-state index is 12.8. The van der Waals surface area contributed by atoms with Crippen LogP contribution in [-0.4, -0.2) is 30.0 Å². The van der Waals surface area contributed by atoms with Crippen LogP contribution in [-0.2, 0) is 4.74 Å². The van der Waals surface area contributed by atoms with E-state index in [4.69, 9.17) is 4.74 Å². The fraction of sp³-hybridized carbons (Fsp3) is 0.519. The molecular weight excluding hydrogens is 386 g/mol. The number of alkyl carbamates (subject to hydrolysis) is 1. The van der Waals surface area contributed by atoms with Gasteiger partial charge >= 0.3 is 6.09 Å². The summed E-state index contributed by atoms with van der Waals surface area (Å²) in [6.07, 6.45) is 3.89. The summed E-state index contributed by atoms with van der Waals surface area (Å²) in [6.45, 7) is 2.56. The minimum Gasteiger partial charge on any atom is -0.449 e. The first kappa shape index (κ1) is 19.4. The van der Waals surface area contributed by atoms with Gasteiger partial charge in [-0.2, -0.15) is 0 Å². The van der Waals surface area contributed by atoms with Crippen LogP contribution in [0.15, 0.2) is 48.5 Å². The number of hydrogen-bond acceptors (Lipinski definition) is 3. The van der Waals surface area contributed by atoms with E-state index in [1.165, 1.54) is 22.3 Å². The van der Waals surface area contributed by atoms with Gasteiger partial charge in [-0.25, -0.2) is 4.79 Å². The zero-order valence-electron chi connectivity index (χ0n) is 18.0. The van der Waals surface area contributed by atoms with Crippen LogP contribution in [0.1, 0.15) is 49.7 Å². The van der Waals surface area contributed by atoms with E-state index in [2.05, 4.69) is 60.8 Å². The third-order valence-electron chi connectivity index (χ3n) is 8.47. The lowest BCUT2D eigenvalue weighted by Gasteiger charge is -2.30. The number of ether oxygens (including phenoxy) is 1. The molecule has 2 N–H and O–H groups in total. The summed E-state index contributed by atoms with van der Waals surface area (Å²) >= 11 is 0. The van der Waals surface area contributed by atoms with Crippen LogP contribution >= 0.6 is 0 Å². The van der Waals surface area contributed by atoms with E-state index in [0.29, 0.717) is 30.3 Å². The lowest BCUT2D eigenvalue weighted by Crippen LogP contribution is -2.46. The summed E-state index contributed by atoms with van der Waals surface area (Å²) in [4.78, 5) is 12.8. The molecule has 0 bridgehead atoms. The highest BCUT2D eigenvalue weighted by Gasteiger charge is 2.62. The van der Waals surface area contributed by atoms with Crippen molar-refractivity contribution in [3.05, 3.63) is 59.7 Å². The first-order chi connectivity index (χ1) is 15.2. The maximum Gasteiger partial charge on any atom is 0.407 e. The van der Waals surface area contributed by atoms with Crippen LogP contribution < -0.4 is 5.32 Å². The molecule has 3 fully saturated rings. The number of aliphatic hydroxyl groups is 1. The first-order valence-electron chi connectivity index (χ1n) is 12.0. The zero-order valence-corrected chi connectivity index (χ0v) is 18.0. The predicted molar refractivity (Wildman–Crippen MR) is 120 cm³/mol. The van der Waals surface area contributed by atoms with Crippen molar-refractivity contribution in [1.82, 2.24) is 5.32 Å². The van der Waals surface area contributed by atoms with Crippen LogP contribution in [0.4, 0.5) is 4.79 Å². The van der Waals surface area contributed by atoms with Gasteiger partial charge in [0.1, 0.15) is 6.61 Å². The third-order valence-corrected chi connectivity index (χ3v) is 8.47. The maximum absolute atomic E-state index is 12.8. The number of benzene rings is 2. The Labute approximate surface area is 184 Å². The summed E-state index contributed by atoms with van der Waals surface area (Å²) in [5.41, 5.74) is 4.93. The lowest BCUT2D eigenvalue weighted by molar-refractivity contribution is 0.0672. The van der Waals surface area contributed by atoms with Crippen LogP contribution in [0.5, 0.6) is 0 Å². The molecule has 2 aromatic carbocycles. The normalized spacial score (nSPS) is 31.5. The fourth-order valence-electron chi connectivity index (χ4n) is 6.79. The molecule has 162 valence electrons. The number of amides is 1. The highest BCUT2D eigenvalue weighted by atomic mass is 16.5. The molecule has 4 aliphatic carbocycles. The second-order valence-electron chi connectivity index (χ2n) is 10.0. The molecule has 1 amide bonds. The van der Waals surface area contributed by atoms with Crippen molar-refractivity contribution in [2.24, 2.45) is 29.6 Å². The molecule has 6 rings (SSSR count). The highest BCUT2D eigenvalue weighted by Crippen LogP contribution is 2.62. The lowest BCUT2D eigenvalue weighted by atomic mass is 9.87. The number of hydrogen-bond donors (Lipinski definition) is 2. The molecule has 0 heterocycles. The largest absolute Gasteiger partial charge is 0.449 e. The molecule has 4 heteroatoms. The standard InChI is InChI=1S/C27H31NO3/c1-2-16-21-13-22(26(29)24(16)21)25(15-11-12-15)28-27(30)31-14-23-19-9-5-3-7-17(19)18-8-4-6-10-20(18)23/h3-10,15-16,21-26,29H,2,11-14H2,1H3,(H,28,30). The van der Waals surface area contributed by atoms with E-state index in [1.807, 2.05) is 0 Å². The summed E-state index contributed by atoms with van der Waals surface area (Å²) in [7, 11) is 0. The molecule has 31 heavy (non-hydrogen) atoms. The fourth-order valence-corrected chi connectivity index (χ4v) is 6.79. The Morgan fingerprint density at radius 3 is 2.29 bits per heavy atom. The monoisotopic (exact) mass is 417 g/mol. The second kappa shape index (κ2) is 7.37. The molecule has 6 unspecified atom stereocenters. The van der Waals surface area contributed by atoms with E-state index in [1.54, 1.807) is 0 Å². The van der Waals surface area contributed by atoms with Gasteiger partial charge in [-0.15, -0.1) is 0 Å². The molecule has 4 nitrogen and oxygen atoms in total. The van der Waals surface area contributed by atoms with Gasteiger partial charge in [0, 0.05) is 17.9 Å². The van der Waals surface area contributed by atoms with Gasteiger partial charge < -0.3 is 15.2 Å². The van der Waals surface area contributed by atoms with Crippen molar-refractivity contribution >= 4 is 6.09 Å². The Bertz CT molecular complexity index is 954. The van der Waals surface area contributed by atoms with Gasteiger partial charge in [-0.05, 0) is 65.2 Å². The molecular formula is C27H31NO3. The van der Waals surface area contributed by atoms with Gasteiger partial charge in [0.25, 0.3) is 0 Å². The van der Waals surface area contributed by atoms with Crippen molar-refractivity contribution in [2.45, 2.75) is 50.7 Å². The first-order valence-corrected chi connectivity index (χ1v) is 12.0. The van der Waals surface area contributed by atoms with E-state index in [9.17, 15) is 9.90 Å². The van der Waals surface area contributed by atoms with Gasteiger partial charge in [-0.3, -0.25) is 0 Å². The van der Waals surface area contributed by atoms with Gasteiger partial charge in [-0.1, -0.05) is 61.9 Å². The molecule has 6 atom stereocenters. The van der Waals surface area contributed by atoms with Crippen molar-refractivity contribution < 1.29 is 14.6 Å². The molecule has 0 saturated heterocycles. The summed E-state index contributed by atoms with van der Waals surface area (Å²) in [5, 5.41) is 14.1. The average molecular weight is 418 g/mol. The van der Waals surface area contributed by atoms with Crippen molar-refractivity contribution in [3.8, 4) is 11.1 Å². The Morgan fingerprint density at radius 2 is 1.74 bits per heavy atom. The van der Waals surface area contributed by atoms with E-state index >= 15 is 0 Å². The number of carbonyl (C=O) groups is 1.